The van der Waals surface area contributed by atoms with E-state index in [1.54, 1.807) is 13.8 Å². The molecule has 0 radical (unpaired) electrons. The van der Waals surface area contributed by atoms with Crippen LogP contribution in [0.15, 0.2) is 0 Å². The molecule has 0 aromatic rings. The number of rotatable bonds is 0. The Balaban J connectivity index is -0.000000181. The topological polar surface area (TPSA) is 132 Å². The van der Waals surface area contributed by atoms with Gasteiger partial charge in [0.2, 0.25) is 0 Å². The molecule has 0 rings (SSSR count). The Kier molecular flexibility index (Phi) is 15.1. The Bertz CT molecular complexity index is 287. The molecule has 0 bridgehead atoms. The van der Waals surface area contributed by atoms with Gasteiger partial charge >= 0.3 is 0 Å². The van der Waals surface area contributed by atoms with Gasteiger partial charge < -0.3 is 15.3 Å². The summed E-state index contributed by atoms with van der Waals surface area (Å²) in [7, 11) is -3.67. The van der Waals surface area contributed by atoms with E-state index in [0.29, 0.717) is 6.26 Å². The van der Waals surface area contributed by atoms with Crippen LogP contribution in [0.3, 0.4) is 0 Å². The van der Waals surface area contributed by atoms with Gasteiger partial charge in [0.15, 0.2) is 0 Å². The van der Waals surface area contributed by atoms with Crippen molar-refractivity contribution in [2.24, 2.45) is 0 Å². The minimum Gasteiger partial charge on any atom is -0.483 e. The number of hydrogen-bond donors (Lipinski definition) is 4. The average Bonchev–Trinajstić information content (AvgIpc) is 1.99. The molecule has 0 aromatic heterocycles. The molecule has 2 unspecified atom stereocenters. The third-order valence-corrected chi connectivity index (χ3v) is 0.501. The van der Waals surface area contributed by atoms with Crippen LogP contribution in [0.25, 0.3) is 0 Å². The van der Waals surface area contributed by atoms with Gasteiger partial charge in [-0.2, -0.15) is 8.42 Å². The van der Waals surface area contributed by atoms with Crippen LogP contribution >= 0.6 is 0 Å². The zero-order valence-corrected chi connectivity index (χ0v) is 9.97. The lowest BCUT2D eigenvalue weighted by Crippen LogP contribution is -1.98. The highest BCUT2D eigenvalue weighted by Gasteiger charge is 1.85. The van der Waals surface area contributed by atoms with E-state index >= 15 is 0 Å². The summed E-state index contributed by atoms with van der Waals surface area (Å²) in [4.78, 5) is 8.36. The van der Waals surface area contributed by atoms with Gasteiger partial charge in [-0.05, 0) is 13.8 Å². The number of aliphatic hydroxyl groups excluding tert-OH is 2. The van der Waals surface area contributed by atoms with Crippen molar-refractivity contribution in [2.45, 2.75) is 26.1 Å². The Hall–Kier alpha value is -1.14. The first-order chi connectivity index (χ1) is 7.04. The van der Waals surface area contributed by atoms with Crippen molar-refractivity contribution in [3.63, 3.8) is 0 Å². The van der Waals surface area contributed by atoms with E-state index in [2.05, 4.69) is 11.8 Å². The second kappa shape index (κ2) is 11.9. The molecule has 0 amide bonds. The van der Waals surface area contributed by atoms with Gasteiger partial charge in [0, 0.05) is 0 Å². The Morgan fingerprint density at radius 2 is 1.25 bits per heavy atom. The van der Waals surface area contributed by atoms with Crippen molar-refractivity contribution in [3.05, 3.63) is 0 Å². The summed E-state index contributed by atoms with van der Waals surface area (Å²) in [6, 6.07) is 0. The Morgan fingerprint density at radius 1 is 1.12 bits per heavy atom. The standard InChI is InChI=1S/C6H10O2.CH4O3S.CH2O2/c1-5(7)3-4-6(2)8;1-5(2,3)4;2-1-3/h5-8H,1-2H3;1H3,(H,2,3,4);1H,(H,2,3). The van der Waals surface area contributed by atoms with Crippen LogP contribution in [0.2, 0.25) is 0 Å². The molecule has 0 aliphatic rings. The van der Waals surface area contributed by atoms with Gasteiger partial charge in [0.05, 0.1) is 6.26 Å². The molecule has 16 heavy (non-hydrogen) atoms. The monoisotopic (exact) mass is 256 g/mol. The minimum atomic E-state index is -3.67. The number of hydrogen-bond acceptors (Lipinski definition) is 5. The van der Waals surface area contributed by atoms with Crippen molar-refractivity contribution >= 4 is 16.6 Å². The zero-order valence-electron chi connectivity index (χ0n) is 9.15. The van der Waals surface area contributed by atoms with Crippen LogP contribution in [0.4, 0.5) is 0 Å². The fourth-order valence-electron chi connectivity index (χ4n) is 0.241. The third-order valence-electron chi connectivity index (χ3n) is 0.501. The maximum Gasteiger partial charge on any atom is 0.290 e. The molecule has 8 heteroatoms. The fraction of sp³-hybridized carbons (Fsp3) is 0.625. The summed E-state index contributed by atoms with van der Waals surface area (Å²) in [5, 5.41) is 23.9. The SMILES string of the molecule is CC(O)C#CC(C)O.CS(=O)(=O)O.O=CO. The van der Waals surface area contributed by atoms with Gasteiger partial charge in [-0.25, -0.2) is 0 Å². The van der Waals surface area contributed by atoms with Crippen LogP contribution in [0.5, 0.6) is 0 Å². The third kappa shape index (κ3) is 121. The normalized spacial score (nSPS) is 12.4. The van der Waals surface area contributed by atoms with E-state index in [-0.39, 0.29) is 6.47 Å². The highest BCUT2D eigenvalue weighted by Crippen LogP contribution is 1.76. The van der Waals surface area contributed by atoms with E-state index < -0.39 is 22.3 Å². The van der Waals surface area contributed by atoms with Gasteiger partial charge in [-0.3, -0.25) is 9.35 Å². The van der Waals surface area contributed by atoms with Crippen LogP contribution in [-0.2, 0) is 14.9 Å². The second-order valence-corrected chi connectivity index (χ2v) is 3.95. The molecule has 0 fully saturated rings. The Morgan fingerprint density at radius 3 is 1.31 bits per heavy atom. The summed E-state index contributed by atoms with van der Waals surface area (Å²) in [6.45, 7) is 2.85. The summed E-state index contributed by atoms with van der Waals surface area (Å²) < 4.78 is 25.9. The molecule has 2 atom stereocenters. The minimum absolute atomic E-state index is 0.250. The second-order valence-electron chi connectivity index (χ2n) is 2.48. The first kappa shape index (κ1) is 20.3. The van der Waals surface area contributed by atoms with Gasteiger partial charge in [0.1, 0.15) is 12.2 Å². The summed E-state index contributed by atoms with van der Waals surface area (Å²) in [5.41, 5.74) is 0. The van der Waals surface area contributed by atoms with Gasteiger partial charge in [-0.15, -0.1) is 0 Å². The summed E-state index contributed by atoms with van der Waals surface area (Å²) in [5.74, 6) is 4.80. The lowest BCUT2D eigenvalue weighted by atomic mass is 10.3. The molecule has 0 spiro atoms. The first-order valence-corrected chi connectivity index (χ1v) is 5.76. The molecule has 0 saturated carbocycles. The molecule has 4 N–H and O–H groups in total. The van der Waals surface area contributed by atoms with E-state index in [1.165, 1.54) is 0 Å². The molecule has 96 valence electrons. The predicted octanol–water partition coefficient (Wildman–Crippen LogP) is -1.04. The molecule has 0 aliphatic heterocycles. The number of carboxylic acid groups (broad SMARTS) is 1. The molecular formula is C8H16O7S. The van der Waals surface area contributed by atoms with Crippen LogP contribution < -0.4 is 0 Å². The van der Waals surface area contributed by atoms with Crippen molar-refractivity contribution in [3.8, 4) is 11.8 Å². The highest BCUT2D eigenvalue weighted by molar-refractivity contribution is 7.85. The fourth-order valence-corrected chi connectivity index (χ4v) is 0.241. The molecule has 0 saturated heterocycles. The van der Waals surface area contributed by atoms with Crippen LogP contribution in [-0.4, -0.2) is 53.2 Å². The maximum absolute atomic E-state index is 9.19. The Labute approximate surface area is 94.5 Å². The lowest BCUT2D eigenvalue weighted by Gasteiger charge is -1.89. The summed E-state index contributed by atoms with van der Waals surface area (Å²) in [6.07, 6.45) is -0.554. The molecular weight excluding hydrogens is 240 g/mol. The van der Waals surface area contributed by atoms with Crippen molar-refractivity contribution in [1.29, 1.82) is 0 Å². The molecule has 0 heterocycles. The smallest absolute Gasteiger partial charge is 0.290 e. The highest BCUT2D eigenvalue weighted by atomic mass is 32.2. The van der Waals surface area contributed by atoms with Crippen molar-refractivity contribution in [2.75, 3.05) is 6.26 Å². The number of aliphatic hydroxyl groups is 2. The number of carbonyl (C=O) groups is 1. The van der Waals surface area contributed by atoms with Crippen molar-refractivity contribution < 1.29 is 33.1 Å². The largest absolute Gasteiger partial charge is 0.483 e. The van der Waals surface area contributed by atoms with E-state index in [9.17, 15) is 8.42 Å². The van der Waals surface area contributed by atoms with Gasteiger partial charge in [-0.1, -0.05) is 11.8 Å². The molecule has 0 aliphatic carbocycles. The van der Waals surface area contributed by atoms with E-state index in [4.69, 9.17) is 24.7 Å². The molecule has 0 aromatic carbocycles. The maximum atomic E-state index is 9.19. The quantitative estimate of drug-likeness (QED) is 0.247. The lowest BCUT2D eigenvalue weighted by molar-refractivity contribution is -0.122. The van der Waals surface area contributed by atoms with Crippen LogP contribution in [0, 0.1) is 11.8 Å². The zero-order chi connectivity index (χ0) is 13.8. The van der Waals surface area contributed by atoms with Crippen molar-refractivity contribution in [1.82, 2.24) is 0 Å². The average molecular weight is 256 g/mol. The van der Waals surface area contributed by atoms with E-state index in [0.717, 1.165) is 0 Å². The summed E-state index contributed by atoms with van der Waals surface area (Å²) >= 11 is 0. The first-order valence-electron chi connectivity index (χ1n) is 3.92. The van der Waals surface area contributed by atoms with Crippen LogP contribution in [0.1, 0.15) is 13.8 Å². The van der Waals surface area contributed by atoms with Gasteiger partial charge in [0.25, 0.3) is 16.6 Å². The predicted molar refractivity (Wildman–Crippen MR) is 57.3 cm³/mol. The molecule has 7 nitrogen and oxygen atoms in total. The van der Waals surface area contributed by atoms with E-state index in [1.807, 2.05) is 0 Å².